The SMILES string of the molecule is C[C@H](NC1CC2CC1C1CCCC21)C1CCCCCC1. The zero-order chi connectivity index (χ0) is 13.5. The van der Waals surface area contributed by atoms with E-state index >= 15 is 0 Å². The summed E-state index contributed by atoms with van der Waals surface area (Å²) in [7, 11) is 0. The second kappa shape index (κ2) is 5.63. The number of fused-ring (bicyclic) bond motifs is 5. The Morgan fingerprint density at radius 1 is 0.750 bits per heavy atom. The lowest BCUT2D eigenvalue weighted by molar-refractivity contribution is 0.183. The van der Waals surface area contributed by atoms with Crippen molar-refractivity contribution in [3.05, 3.63) is 0 Å². The highest BCUT2D eigenvalue weighted by Gasteiger charge is 2.53. The summed E-state index contributed by atoms with van der Waals surface area (Å²) in [6, 6.07) is 1.66. The highest BCUT2D eigenvalue weighted by Crippen LogP contribution is 2.58. The van der Waals surface area contributed by atoms with Crippen LogP contribution in [0.15, 0.2) is 0 Å². The molecule has 0 radical (unpaired) electrons. The van der Waals surface area contributed by atoms with Crippen LogP contribution < -0.4 is 5.32 Å². The van der Waals surface area contributed by atoms with Crippen LogP contribution in [0.5, 0.6) is 0 Å². The van der Waals surface area contributed by atoms with E-state index in [4.69, 9.17) is 0 Å². The van der Waals surface area contributed by atoms with Gasteiger partial charge in [-0.25, -0.2) is 0 Å². The van der Waals surface area contributed by atoms with Gasteiger partial charge in [0.1, 0.15) is 0 Å². The molecule has 0 aromatic carbocycles. The van der Waals surface area contributed by atoms with Crippen molar-refractivity contribution < 1.29 is 0 Å². The number of hydrogen-bond acceptors (Lipinski definition) is 1. The maximum absolute atomic E-state index is 4.12. The number of rotatable bonds is 3. The van der Waals surface area contributed by atoms with Crippen molar-refractivity contribution in [2.24, 2.45) is 29.6 Å². The normalized spacial score (nSPS) is 46.4. The standard InChI is InChI=1S/C19H33N/c1-13(14-7-4-2-3-5-8-14)20-19-12-15-11-18(19)17-10-6-9-16(15)17/h13-20H,2-12H2,1H3/t13-,15?,16?,17?,18?,19?/m0/s1. The van der Waals surface area contributed by atoms with Crippen molar-refractivity contribution in [1.29, 1.82) is 0 Å². The molecule has 0 amide bonds. The molecule has 1 heteroatoms. The summed E-state index contributed by atoms with van der Waals surface area (Å²) >= 11 is 0. The van der Waals surface area contributed by atoms with Gasteiger partial charge in [0.05, 0.1) is 0 Å². The Labute approximate surface area is 125 Å². The zero-order valence-corrected chi connectivity index (χ0v) is 13.3. The van der Waals surface area contributed by atoms with Gasteiger partial charge in [-0.2, -0.15) is 0 Å². The Hall–Kier alpha value is -0.0400. The molecule has 0 aliphatic heterocycles. The van der Waals surface area contributed by atoms with E-state index in [1.807, 2.05) is 0 Å². The summed E-state index contributed by atoms with van der Waals surface area (Å²) in [5, 5.41) is 4.12. The predicted molar refractivity (Wildman–Crippen MR) is 84.6 cm³/mol. The zero-order valence-electron chi connectivity index (χ0n) is 13.3. The molecule has 5 unspecified atom stereocenters. The molecule has 114 valence electrons. The molecule has 4 aliphatic carbocycles. The molecule has 4 aliphatic rings. The Kier molecular flexibility index (Phi) is 3.83. The third kappa shape index (κ3) is 2.34. The topological polar surface area (TPSA) is 12.0 Å². The molecular weight excluding hydrogens is 242 g/mol. The average molecular weight is 275 g/mol. The van der Waals surface area contributed by atoms with Crippen molar-refractivity contribution in [1.82, 2.24) is 5.32 Å². The van der Waals surface area contributed by atoms with Crippen LogP contribution in [0.2, 0.25) is 0 Å². The van der Waals surface area contributed by atoms with Crippen LogP contribution in [0.4, 0.5) is 0 Å². The van der Waals surface area contributed by atoms with Gasteiger partial charge >= 0.3 is 0 Å². The molecule has 2 bridgehead atoms. The number of nitrogens with one attached hydrogen (secondary N) is 1. The summed E-state index contributed by atoms with van der Waals surface area (Å²) in [6.07, 6.45) is 16.7. The van der Waals surface area contributed by atoms with Gasteiger partial charge in [-0.1, -0.05) is 32.1 Å². The number of hydrogen-bond donors (Lipinski definition) is 1. The molecule has 0 heterocycles. The second-order valence-electron chi connectivity index (χ2n) is 8.47. The molecule has 20 heavy (non-hydrogen) atoms. The van der Waals surface area contributed by atoms with Crippen molar-refractivity contribution in [2.75, 3.05) is 0 Å². The van der Waals surface area contributed by atoms with E-state index in [1.54, 1.807) is 19.3 Å². The summed E-state index contributed by atoms with van der Waals surface area (Å²) in [5.74, 6) is 5.39. The molecule has 0 saturated heterocycles. The van der Waals surface area contributed by atoms with Crippen molar-refractivity contribution in [3.8, 4) is 0 Å². The van der Waals surface area contributed by atoms with Gasteiger partial charge in [-0.3, -0.25) is 0 Å². The van der Waals surface area contributed by atoms with E-state index in [-0.39, 0.29) is 0 Å². The molecule has 1 N–H and O–H groups in total. The summed E-state index contributed by atoms with van der Waals surface area (Å²) in [4.78, 5) is 0. The molecular formula is C19H33N. The lowest BCUT2D eigenvalue weighted by Gasteiger charge is -2.36. The Bertz CT molecular complexity index is 331. The molecule has 4 fully saturated rings. The highest BCUT2D eigenvalue weighted by molar-refractivity contribution is 5.06. The molecule has 0 aromatic rings. The van der Waals surface area contributed by atoms with Gasteiger partial charge in [-0.15, -0.1) is 0 Å². The smallest absolute Gasteiger partial charge is 0.0103 e. The Morgan fingerprint density at radius 3 is 2.30 bits per heavy atom. The third-order valence-electron chi connectivity index (χ3n) is 7.51. The Morgan fingerprint density at radius 2 is 1.50 bits per heavy atom. The van der Waals surface area contributed by atoms with Crippen LogP contribution in [0.3, 0.4) is 0 Å². The fourth-order valence-corrected chi connectivity index (χ4v) is 6.54. The molecule has 1 nitrogen and oxygen atoms in total. The van der Waals surface area contributed by atoms with Crippen LogP contribution in [-0.2, 0) is 0 Å². The van der Waals surface area contributed by atoms with Gasteiger partial charge in [0.25, 0.3) is 0 Å². The first-order valence-electron chi connectivity index (χ1n) is 9.59. The van der Waals surface area contributed by atoms with Gasteiger partial charge in [0.15, 0.2) is 0 Å². The lowest BCUT2D eigenvalue weighted by Crippen LogP contribution is -2.46. The first kappa shape index (κ1) is 13.6. The molecule has 0 aromatic heterocycles. The minimum atomic E-state index is 0.775. The van der Waals surface area contributed by atoms with E-state index in [0.29, 0.717) is 0 Å². The first-order valence-corrected chi connectivity index (χ1v) is 9.59. The van der Waals surface area contributed by atoms with Gasteiger partial charge in [-0.05, 0) is 75.0 Å². The third-order valence-corrected chi connectivity index (χ3v) is 7.51. The quantitative estimate of drug-likeness (QED) is 0.732. The maximum Gasteiger partial charge on any atom is 0.0103 e. The predicted octanol–water partition coefficient (Wildman–Crippen LogP) is 4.76. The Balaban J connectivity index is 1.35. The second-order valence-corrected chi connectivity index (χ2v) is 8.47. The van der Waals surface area contributed by atoms with Gasteiger partial charge in [0.2, 0.25) is 0 Å². The minimum Gasteiger partial charge on any atom is -0.311 e. The lowest BCUT2D eigenvalue weighted by atomic mass is 9.78. The summed E-state index contributed by atoms with van der Waals surface area (Å²) < 4.78 is 0. The first-order chi connectivity index (χ1) is 9.83. The average Bonchev–Trinajstić information content (AvgIpc) is 3.06. The fraction of sp³-hybridized carbons (Fsp3) is 1.00. The summed E-state index contributed by atoms with van der Waals surface area (Å²) in [6.45, 7) is 2.49. The molecule has 0 spiro atoms. The van der Waals surface area contributed by atoms with Crippen molar-refractivity contribution in [3.63, 3.8) is 0 Å². The molecule has 4 rings (SSSR count). The highest BCUT2D eigenvalue weighted by atomic mass is 15.0. The fourth-order valence-electron chi connectivity index (χ4n) is 6.54. The minimum absolute atomic E-state index is 0.775. The van der Waals surface area contributed by atoms with Crippen LogP contribution in [0.25, 0.3) is 0 Å². The van der Waals surface area contributed by atoms with E-state index in [0.717, 1.165) is 41.7 Å². The van der Waals surface area contributed by atoms with Crippen molar-refractivity contribution in [2.45, 2.75) is 89.6 Å². The van der Waals surface area contributed by atoms with E-state index in [9.17, 15) is 0 Å². The van der Waals surface area contributed by atoms with Crippen LogP contribution in [0.1, 0.15) is 77.6 Å². The van der Waals surface area contributed by atoms with E-state index < -0.39 is 0 Å². The van der Waals surface area contributed by atoms with Gasteiger partial charge < -0.3 is 5.32 Å². The van der Waals surface area contributed by atoms with Crippen molar-refractivity contribution >= 4 is 0 Å². The summed E-state index contributed by atoms with van der Waals surface area (Å²) in [5.41, 5.74) is 0. The van der Waals surface area contributed by atoms with Crippen LogP contribution in [-0.4, -0.2) is 12.1 Å². The molecule has 4 saturated carbocycles. The van der Waals surface area contributed by atoms with Crippen LogP contribution in [0, 0.1) is 29.6 Å². The van der Waals surface area contributed by atoms with E-state index in [1.165, 1.54) is 51.4 Å². The monoisotopic (exact) mass is 275 g/mol. The van der Waals surface area contributed by atoms with E-state index in [2.05, 4.69) is 12.2 Å². The van der Waals surface area contributed by atoms with Gasteiger partial charge in [0, 0.05) is 12.1 Å². The largest absolute Gasteiger partial charge is 0.311 e. The maximum atomic E-state index is 4.12. The molecule has 6 atom stereocenters. The van der Waals surface area contributed by atoms with Crippen LogP contribution >= 0.6 is 0 Å².